The maximum atomic E-state index is 15.5. The number of nitrogens with zero attached hydrogens (tertiary/aromatic N) is 2. The van der Waals surface area contributed by atoms with Crippen molar-refractivity contribution < 1.29 is 9.18 Å². The van der Waals surface area contributed by atoms with Crippen molar-refractivity contribution in [3.63, 3.8) is 0 Å². The molecule has 1 fully saturated rings. The first-order valence-corrected chi connectivity index (χ1v) is 14.1. The Labute approximate surface area is 221 Å². The number of halogens is 2. The Morgan fingerprint density at radius 2 is 1.94 bits per heavy atom. The van der Waals surface area contributed by atoms with Crippen LogP contribution in [-0.2, 0) is 13.0 Å². The summed E-state index contributed by atoms with van der Waals surface area (Å²) in [6.07, 6.45) is 7.41. The second kappa shape index (κ2) is 12.6. The minimum absolute atomic E-state index is 0.0250. The van der Waals surface area contributed by atoms with E-state index in [4.69, 9.17) is 22.3 Å². The number of carbonyl (C=O) groups excluding carboxylic acids is 1. The molecule has 0 radical (unpaired) electrons. The zero-order chi connectivity index (χ0) is 26.6. The minimum atomic E-state index is -0.633. The molecule has 1 aromatic carbocycles. The lowest BCUT2D eigenvalue weighted by molar-refractivity contribution is 0.0946. The van der Waals surface area contributed by atoms with E-state index in [0.717, 1.165) is 47.7 Å². The van der Waals surface area contributed by atoms with Gasteiger partial charge >= 0.3 is 0 Å². The summed E-state index contributed by atoms with van der Waals surface area (Å²) in [5.74, 6) is 0.576. The van der Waals surface area contributed by atoms with Crippen molar-refractivity contribution in [3.05, 3.63) is 50.8 Å². The van der Waals surface area contributed by atoms with Crippen LogP contribution in [0.25, 0.3) is 0 Å². The molecule has 200 valence electrons. The summed E-state index contributed by atoms with van der Waals surface area (Å²) in [7, 11) is 0. The van der Waals surface area contributed by atoms with E-state index < -0.39 is 5.82 Å². The van der Waals surface area contributed by atoms with E-state index in [0.29, 0.717) is 18.9 Å². The van der Waals surface area contributed by atoms with Gasteiger partial charge in [-0.2, -0.15) is 0 Å². The lowest BCUT2D eigenvalue weighted by Crippen LogP contribution is -2.29. The van der Waals surface area contributed by atoms with E-state index in [1.807, 2.05) is 13.8 Å². The van der Waals surface area contributed by atoms with Gasteiger partial charge in [0.25, 0.3) is 5.91 Å². The second-order valence-electron chi connectivity index (χ2n) is 11.0. The summed E-state index contributed by atoms with van der Waals surface area (Å²) in [6, 6.07) is 1.54. The number of aryl methyl sites for hydroxylation is 1. The molecule has 1 aliphatic rings. The number of nitrogens with one attached hydrogen (secondary N) is 1. The highest BCUT2D eigenvalue weighted by atomic mass is 35.5. The number of hydrogen-bond acceptors (Lipinski definition) is 3. The number of hydrogen-bond donors (Lipinski definition) is 2. The third-order valence-corrected chi connectivity index (χ3v) is 7.74. The summed E-state index contributed by atoms with van der Waals surface area (Å²) in [5.41, 5.74) is 9.90. The van der Waals surface area contributed by atoms with Crippen LogP contribution in [0.5, 0.6) is 0 Å². The van der Waals surface area contributed by atoms with Gasteiger partial charge in [0.2, 0.25) is 0 Å². The highest BCUT2D eigenvalue weighted by molar-refractivity contribution is 6.31. The van der Waals surface area contributed by atoms with Gasteiger partial charge in [-0.1, -0.05) is 65.0 Å². The van der Waals surface area contributed by atoms with Gasteiger partial charge in [0, 0.05) is 25.0 Å². The number of rotatable bonds is 11. The van der Waals surface area contributed by atoms with E-state index in [2.05, 4.69) is 37.6 Å². The molecule has 3 N–H and O–H groups in total. The third-order valence-electron chi connectivity index (χ3n) is 7.47. The minimum Gasteiger partial charge on any atom is -0.352 e. The smallest absolute Gasteiger partial charge is 0.254 e. The molecule has 1 amide bonds. The molecule has 5 nitrogen and oxygen atoms in total. The first-order valence-electron chi connectivity index (χ1n) is 13.7. The fraction of sp³-hybridized carbons (Fsp3) is 0.655. The van der Waals surface area contributed by atoms with E-state index in [9.17, 15) is 4.79 Å². The van der Waals surface area contributed by atoms with Gasteiger partial charge in [-0.05, 0) is 62.1 Å². The monoisotopic (exact) mass is 518 g/mol. The Hall–Kier alpha value is -1.92. The van der Waals surface area contributed by atoms with Crippen LogP contribution in [0.4, 0.5) is 4.39 Å². The van der Waals surface area contributed by atoms with Crippen molar-refractivity contribution >= 4 is 17.5 Å². The van der Waals surface area contributed by atoms with Gasteiger partial charge in [-0.15, -0.1) is 0 Å². The molecule has 3 rings (SSSR count). The molecule has 0 aliphatic heterocycles. The normalized spacial score (nSPS) is 16.1. The molecule has 1 aliphatic carbocycles. The van der Waals surface area contributed by atoms with Crippen LogP contribution < -0.4 is 11.1 Å². The largest absolute Gasteiger partial charge is 0.352 e. The fourth-order valence-corrected chi connectivity index (χ4v) is 6.04. The van der Waals surface area contributed by atoms with Gasteiger partial charge < -0.3 is 15.6 Å². The molecule has 7 heteroatoms. The highest BCUT2D eigenvalue weighted by Crippen LogP contribution is 2.36. The third kappa shape index (κ3) is 6.31. The topological polar surface area (TPSA) is 72.9 Å². The predicted molar refractivity (Wildman–Crippen MR) is 146 cm³/mol. The summed E-state index contributed by atoms with van der Waals surface area (Å²) in [5, 5.41) is 2.97. The van der Waals surface area contributed by atoms with E-state index in [1.54, 1.807) is 6.07 Å². The number of carbonyl (C=O) groups is 1. The maximum absolute atomic E-state index is 15.5. The molecule has 2 unspecified atom stereocenters. The maximum Gasteiger partial charge on any atom is 0.254 e. The quantitative estimate of drug-likeness (QED) is 0.334. The zero-order valence-electron chi connectivity index (χ0n) is 22.9. The van der Waals surface area contributed by atoms with Crippen LogP contribution in [0.3, 0.4) is 0 Å². The molecule has 1 saturated carbocycles. The highest BCUT2D eigenvalue weighted by Gasteiger charge is 2.29. The SMILES string of the molecule is CCCn1c(C(C)c2cc(Cl)c(F)c(C(=O)NCCC3CCCC3)c2CC(C)C)nc(C)c1C(C)N. The van der Waals surface area contributed by atoms with Gasteiger partial charge in [0.05, 0.1) is 22.0 Å². The van der Waals surface area contributed by atoms with Gasteiger partial charge in [-0.25, -0.2) is 9.37 Å². The Kier molecular flexibility index (Phi) is 9.99. The van der Waals surface area contributed by atoms with Crippen LogP contribution in [0, 0.1) is 24.6 Å². The zero-order valence-corrected chi connectivity index (χ0v) is 23.6. The molecular weight excluding hydrogens is 475 g/mol. The van der Waals surface area contributed by atoms with Crippen molar-refractivity contribution in [2.45, 2.75) is 105 Å². The summed E-state index contributed by atoms with van der Waals surface area (Å²) in [4.78, 5) is 18.3. The van der Waals surface area contributed by atoms with E-state index in [-0.39, 0.29) is 34.4 Å². The molecule has 0 spiro atoms. The van der Waals surface area contributed by atoms with Crippen LogP contribution in [0.2, 0.25) is 5.02 Å². The molecular formula is C29H44ClFN4O. The number of amides is 1. The van der Waals surface area contributed by atoms with Gasteiger partial charge in [-0.3, -0.25) is 4.79 Å². The molecule has 36 heavy (non-hydrogen) atoms. The van der Waals surface area contributed by atoms with Crippen LogP contribution in [0.1, 0.15) is 124 Å². The van der Waals surface area contributed by atoms with Crippen molar-refractivity contribution in [3.8, 4) is 0 Å². The van der Waals surface area contributed by atoms with Crippen molar-refractivity contribution in [2.75, 3.05) is 6.54 Å². The standard InChI is InChI=1S/C29H44ClFN4O/c1-7-14-35-27(19(5)32)20(6)34-28(35)18(4)22-16-24(30)26(31)25(23(22)15-17(2)3)29(36)33-13-12-21-10-8-9-11-21/h16-19,21H,7-15,32H2,1-6H3,(H,33,36). The summed E-state index contributed by atoms with van der Waals surface area (Å²) >= 11 is 6.43. The molecule has 0 saturated heterocycles. The molecule has 2 atom stereocenters. The second-order valence-corrected chi connectivity index (χ2v) is 11.4. The number of aromatic nitrogens is 2. The van der Waals surface area contributed by atoms with E-state index >= 15 is 4.39 Å². The fourth-order valence-electron chi connectivity index (χ4n) is 5.82. The van der Waals surface area contributed by atoms with Crippen molar-refractivity contribution in [1.82, 2.24) is 14.9 Å². The first kappa shape index (κ1) is 28.6. The number of imidazole rings is 1. The lowest BCUT2D eigenvalue weighted by atomic mass is 9.86. The Morgan fingerprint density at radius 1 is 1.28 bits per heavy atom. The van der Waals surface area contributed by atoms with Crippen LogP contribution >= 0.6 is 11.6 Å². The van der Waals surface area contributed by atoms with E-state index in [1.165, 1.54) is 25.7 Å². The summed E-state index contributed by atoms with van der Waals surface area (Å²) in [6.45, 7) is 13.7. The number of benzene rings is 1. The average molecular weight is 519 g/mol. The average Bonchev–Trinajstić information content (AvgIpc) is 3.43. The van der Waals surface area contributed by atoms with Crippen LogP contribution in [0.15, 0.2) is 6.07 Å². The summed E-state index contributed by atoms with van der Waals surface area (Å²) < 4.78 is 17.7. The predicted octanol–water partition coefficient (Wildman–Crippen LogP) is 7.07. The Bertz CT molecular complexity index is 1060. The van der Waals surface area contributed by atoms with Crippen LogP contribution in [-0.4, -0.2) is 22.0 Å². The van der Waals surface area contributed by atoms with Gasteiger partial charge in [0.15, 0.2) is 5.82 Å². The first-order chi connectivity index (χ1) is 17.1. The number of nitrogens with two attached hydrogens (primary N) is 1. The molecule has 1 heterocycles. The van der Waals surface area contributed by atoms with Gasteiger partial charge in [0.1, 0.15) is 5.82 Å². The molecule has 1 aromatic heterocycles. The van der Waals surface area contributed by atoms with Crippen molar-refractivity contribution in [1.29, 1.82) is 0 Å². The molecule has 0 bridgehead atoms. The Balaban J connectivity index is 2.05. The Morgan fingerprint density at radius 3 is 2.53 bits per heavy atom. The van der Waals surface area contributed by atoms with Crippen molar-refractivity contribution in [2.24, 2.45) is 17.6 Å². The lowest BCUT2D eigenvalue weighted by Gasteiger charge is -2.23. The molecule has 2 aromatic rings.